The highest BCUT2D eigenvalue weighted by Gasteiger charge is 2.31. The Balaban J connectivity index is 1.38. The Bertz CT molecular complexity index is 1210. The molecule has 2 heterocycles. The molecule has 1 amide bonds. The monoisotopic (exact) mass is 474 g/mol. The van der Waals surface area contributed by atoms with Crippen LogP contribution in [0.25, 0.3) is 17.1 Å². The smallest absolute Gasteiger partial charge is 0.441 e. The Morgan fingerprint density at radius 2 is 1.82 bits per heavy atom. The van der Waals surface area contributed by atoms with Crippen LogP contribution in [0.15, 0.2) is 72.4 Å². The number of amides is 1. The van der Waals surface area contributed by atoms with E-state index in [1.54, 1.807) is 31.2 Å². The zero-order valence-corrected chi connectivity index (χ0v) is 17.9. The van der Waals surface area contributed by atoms with Crippen LogP contribution in [0.2, 0.25) is 0 Å². The molecule has 0 aliphatic carbocycles. The molecule has 0 saturated heterocycles. The van der Waals surface area contributed by atoms with Gasteiger partial charge in [0.05, 0.1) is 5.69 Å². The summed E-state index contributed by atoms with van der Waals surface area (Å²) in [6, 6.07) is 15.9. The van der Waals surface area contributed by atoms with E-state index >= 15 is 0 Å². The lowest BCUT2D eigenvalue weighted by Gasteiger charge is -2.12. The maximum atomic E-state index is 12.3. The average Bonchev–Trinajstić information content (AvgIpc) is 3.46. The van der Waals surface area contributed by atoms with Gasteiger partial charge in [-0.15, -0.1) is 29.6 Å². The summed E-state index contributed by atoms with van der Waals surface area (Å²) in [5, 5.41) is 8.93. The number of thiophene rings is 1. The van der Waals surface area contributed by atoms with Crippen molar-refractivity contribution in [2.45, 2.75) is 19.4 Å². The van der Waals surface area contributed by atoms with Gasteiger partial charge in [-0.05, 0) is 66.9 Å². The van der Waals surface area contributed by atoms with Gasteiger partial charge in [0.15, 0.2) is 5.82 Å². The predicted octanol–water partition coefficient (Wildman–Crippen LogP) is 6.20. The van der Waals surface area contributed by atoms with Crippen LogP contribution in [-0.2, 0) is 4.74 Å². The van der Waals surface area contributed by atoms with Crippen LogP contribution < -0.4 is 10.1 Å². The lowest BCUT2D eigenvalue weighted by Crippen LogP contribution is -2.17. The van der Waals surface area contributed by atoms with E-state index in [-0.39, 0.29) is 11.9 Å². The van der Waals surface area contributed by atoms with Crippen LogP contribution in [0.3, 0.4) is 0 Å². The third-order valence-electron chi connectivity index (χ3n) is 4.44. The fourth-order valence-electron chi connectivity index (χ4n) is 2.91. The van der Waals surface area contributed by atoms with E-state index in [0.717, 1.165) is 4.88 Å². The minimum Gasteiger partial charge on any atom is -0.441 e. The van der Waals surface area contributed by atoms with Crippen LogP contribution in [0.4, 0.5) is 23.7 Å². The normalized spacial score (nSPS) is 12.2. The molecule has 2 aromatic carbocycles. The highest BCUT2D eigenvalue weighted by Crippen LogP contribution is 2.25. The number of nitrogens with zero attached hydrogens (tertiary/aromatic N) is 3. The van der Waals surface area contributed by atoms with Crippen molar-refractivity contribution < 1.29 is 27.4 Å². The molecule has 1 atom stereocenters. The number of alkyl halides is 3. The summed E-state index contributed by atoms with van der Waals surface area (Å²) in [5.41, 5.74) is 1.75. The summed E-state index contributed by atoms with van der Waals surface area (Å²) in [6.07, 6.45) is -4.22. The molecule has 0 spiro atoms. The van der Waals surface area contributed by atoms with E-state index in [1.165, 1.54) is 46.6 Å². The van der Waals surface area contributed by atoms with E-state index < -0.39 is 12.5 Å². The largest absolute Gasteiger partial charge is 0.573 e. The van der Waals surface area contributed by atoms with Crippen molar-refractivity contribution in [3.63, 3.8) is 0 Å². The van der Waals surface area contributed by atoms with Gasteiger partial charge in [0, 0.05) is 16.1 Å². The molecule has 2 aromatic heterocycles. The molecule has 7 nitrogen and oxygen atoms in total. The lowest BCUT2D eigenvalue weighted by molar-refractivity contribution is -0.274. The van der Waals surface area contributed by atoms with Crippen LogP contribution >= 0.6 is 11.3 Å². The topological polar surface area (TPSA) is 78.3 Å². The minimum atomic E-state index is -4.75. The molecule has 11 heteroatoms. The number of halogens is 3. The highest BCUT2D eigenvalue weighted by molar-refractivity contribution is 7.10. The van der Waals surface area contributed by atoms with Gasteiger partial charge in [0.25, 0.3) is 0 Å². The second kappa shape index (κ2) is 9.33. The van der Waals surface area contributed by atoms with Crippen LogP contribution in [0, 0.1) is 0 Å². The van der Waals surface area contributed by atoms with E-state index in [9.17, 15) is 18.0 Å². The van der Waals surface area contributed by atoms with Crippen molar-refractivity contribution in [3.05, 3.63) is 77.2 Å². The molecule has 4 rings (SSSR count). The van der Waals surface area contributed by atoms with Gasteiger partial charge in [-0.3, -0.25) is 5.32 Å². The number of hydrogen-bond acceptors (Lipinski definition) is 6. The summed E-state index contributed by atoms with van der Waals surface area (Å²) in [4.78, 5) is 17.3. The fourth-order valence-corrected chi connectivity index (χ4v) is 3.62. The molecule has 0 bridgehead atoms. The zero-order valence-electron chi connectivity index (χ0n) is 17.1. The molecule has 0 saturated carbocycles. The van der Waals surface area contributed by atoms with E-state index in [1.807, 2.05) is 17.5 Å². The summed E-state index contributed by atoms with van der Waals surface area (Å²) in [7, 11) is 0. The molecule has 0 radical (unpaired) electrons. The first kappa shape index (κ1) is 22.3. The first-order valence-corrected chi connectivity index (χ1v) is 10.5. The molecular formula is C22H17F3N4O3S. The van der Waals surface area contributed by atoms with Gasteiger partial charge >= 0.3 is 12.5 Å². The number of nitrogens with one attached hydrogen (secondary N) is 1. The van der Waals surface area contributed by atoms with E-state index in [2.05, 4.69) is 20.1 Å². The molecule has 0 aliphatic heterocycles. The Labute approximate surface area is 190 Å². The predicted molar refractivity (Wildman–Crippen MR) is 116 cm³/mol. The third kappa shape index (κ3) is 5.89. The molecule has 4 aromatic rings. The van der Waals surface area contributed by atoms with Crippen molar-refractivity contribution in [1.29, 1.82) is 0 Å². The first-order valence-electron chi connectivity index (χ1n) is 9.66. The number of benzene rings is 2. The summed E-state index contributed by atoms with van der Waals surface area (Å²) in [5.74, 6) is 0.0871. The number of aromatic nitrogens is 3. The van der Waals surface area contributed by atoms with E-state index in [0.29, 0.717) is 22.8 Å². The Hall–Kier alpha value is -3.86. The van der Waals surface area contributed by atoms with Gasteiger partial charge in [-0.25, -0.2) is 14.5 Å². The Morgan fingerprint density at radius 1 is 1.09 bits per heavy atom. The number of carbonyl (C=O) groups is 1. The lowest BCUT2D eigenvalue weighted by atomic mass is 10.2. The second-order valence-electron chi connectivity index (χ2n) is 6.82. The van der Waals surface area contributed by atoms with Crippen LogP contribution in [-0.4, -0.2) is 27.2 Å². The van der Waals surface area contributed by atoms with Crippen molar-refractivity contribution >= 4 is 23.1 Å². The summed E-state index contributed by atoms with van der Waals surface area (Å²) in [6.45, 7) is 1.80. The van der Waals surface area contributed by atoms with Gasteiger partial charge in [0.1, 0.15) is 18.2 Å². The van der Waals surface area contributed by atoms with Gasteiger partial charge in [0.2, 0.25) is 0 Å². The SMILES string of the molecule is CC(OC(=O)Nc1ccc(-c2ncn(-c3ccc(OC(F)(F)F)cc3)n2)cc1)c1cccs1. The molecule has 1 unspecified atom stereocenters. The highest BCUT2D eigenvalue weighted by atomic mass is 32.1. The quantitative estimate of drug-likeness (QED) is 0.360. The zero-order chi connectivity index (χ0) is 23.4. The number of ether oxygens (including phenoxy) is 2. The van der Waals surface area contributed by atoms with Crippen molar-refractivity contribution in [2.24, 2.45) is 0 Å². The van der Waals surface area contributed by atoms with Gasteiger partial charge in [-0.2, -0.15) is 0 Å². The minimum absolute atomic E-state index is 0.321. The van der Waals surface area contributed by atoms with Crippen molar-refractivity contribution in [1.82, 2.24) is 14.8 Å². The molecule has 33 heavy (non-hydrogen) atoms. The average molecular weight is 474 g/mol. The molecular weight excluding hydrogens is 457 g/mol. The molecule has 1 N–H and O–H groups in total. The summed E-state index contributed by atoms with van der Waals surface area (Å²) >= 11 is 1.51. The maximum Gasteiger partial charge on any atom is 0.573 e. The maximum absolute atomic E-state index is 12.3. The van der Waals surface area contributed by atoms with Crippen LogP contribution in [0.1, 0.15) is 17.9 Å². The summed E-state index contributed by atoms with van der Waals surface area (Å²) < 4.78 is 47.5. The Kier molecular flexibility index (Phi) is 6.31. The third-order valence-corrected chi connectivity index (χ3v) is 5.48. The molecule has 0 fully saturated rings. The second-order valence-corrected chi connectivity index (χ2v) is 7.80. The van der Waals surface area contributed by atoms with E-state index in [4.69, 9.17) is 4.74 Å². The van der Waals surface area contributed by atoms with Crippen LogP contribution in [0.5, 0.6) is 5.75 Å². The standard InChI is InChI=1S/C22H17F3N4O3S/c1-14(19-3-2-12-33-19)31-21(30)27-16-6-4-15(5-7-16)20-26-13-29(28-20)17-8-10-18(11-9-17)32-22(23,24)25/h2-14H,1H3,(H,27,30). The molecule has 170 valence electrons. The number of anilines is 1. The van der Waals surface area contributed by atoms with Gasteiger partial charge < -0.3 is 9.47 Å². The number of hydrogen-bond donors (Lipinski definition) is 1. The first-order chi connectivity index (χ1) is 15.8. The molecule has 0 aliphatic rings. The fraction of sp³-hybridized carbons (Fsp3) is 0.136. The van der Waals surface area contributed by atoms with Crippen molar-refractivity contribution in [3.8, 4) is 22.8 Å². The van der Waals surface area contributed by atoms with Gasteiger partial charge in [-0.1, -0.05) is 6.07 Å². The van der Waals surface area contributed by atoms with Crippen molar-refractivity contribution in [2.75, 3.05) is 5.32 Å². The Morgan fingerprint density at radius 3 is 2.45 bits per heavy atom. The number of rotatable bonds is 6. The number of carbonyl (C=O) groups excluding carboxylic acids is 1.